The number of ketones is 1. The Morgan fingerprint density at radius 3 is 2.59 bits per heavy atom. The quantitative estimate of drug-likeness (QED) is 0.714. The molecular formula is C19H15ClF3NO3. The lowest BCUT2D eigenvalue weighted by atomic mass is 9.96. The summed E-state index contributed by atoms with van der Waals surface area (Å²) < 4.78 is 45.0. The maximum atomic E-state index is 13.2. The largest absolute Gasteiger partial charge is 0.512 e. The van der Waals surface area contributed by atoms with Crippen LogP contribution in [0, 0.1) is 0 Å². The van der Waals surface area contributed by atoms with Gasteiger partial charge in [-0.3, -0.25) is 4.79 Å². The van der Waals surface area contributed by atoms with E-state index < -0.39 is 17.6 Å². The lowest BCUT2D eigenvalue weighted by Crippen LogP contribution is -2.08. The molecule has 0 unspecified atom stereocenters. The van der Waals surface area contributed by atoms with Gasteiger partial charge in [-0.1, -0.05) is 24.6 Å². The fraction of sp³-hybridized carbons (Fsp3) is 0.263. The number of halogens is 4. The average Bonchev–Trinajstić information content (AvgIpc) is 2.94. The molecule has 0 atom stereocenters. The number of aliphatic hydroxyl groups excluding tert-OH is 1. The smallest absolute Gasteiger partial charge is 0.421 e. The zero-order chi connectivity index (χ0) is 19.8. The maximum Gasteiger partial charge on any atom is 0.421 e. The first-order valence-electron chi connectivity index (χ1n) is 8.20. The lowest BCUT2D eigenvalue weighted by molar-refractivity contribution is -0.138. The Kier molecular flexibility index (Phi) is 5.15. The number of aromatic nitrogens is 1. The Labute approximate surface area is 158 Å². The SMILES string of the molecule is CCc1ccc(Oc2ncc(Cl)cc2C(F)(F)F)cc1C1=C(O)CCC1=O. The summed E-state index contributed by atoms with van der Waals surface area (Å²) in [7, 11) is 0. The molecule has 0 fully saturated rings. The van der Waals surface area contributed by atoms with Gasteiger partial charge in [-0.25, -0.2) is 4.98 Å². The molecule has 0 saturated heterocycles. The molecule has 0 amide bonds. The third-order valence-corrected chi connectivity index (χ3v) is 4.43. The minimum Gasteiger partial charge on any atom is -0.512 e. The van der Waals surface area contributed by atoms with E-state index in [4.69, 9.17) is 16.3 Å². The molecule has 0 saturated carbocycles. The lowest BCUT2D eigenvalue weighted by Gasteiger charge is -2.15. The number of aliphatic hydroxyl groups is 1. The van der Waals surface area contributed by atoms with Crippen LogP contribution in [0.25, 0.3) is 5.57 Å². The van der Waals surface area contributed by atoms with E-state index in [-0.39, 0.29) is 40.7 Å². The molecule has 4 nitrogen and oxygen atoms in total. The summed E-state index contributed by atoms with van der Waals surface area (Å²) in [6.07, 6.45) is -2.61. The van der Waals surface area contributed by atoms with Crippen molar-refractivity contribution < 1.29 is 27.8 Å². The minimum absolute atomic E-state index is 0.0209. The highest BCUT2D eigenvalue weighted by molar-refractivity contribution is 6.30. The summed E-state index contributed by atoms with van der Waals surface area (Å²) in [5.74, 6) is -0.798. The van der Waals surface area contributed by atoms with E-state index >= 15 is 0 Å². The van der Waals surface area contributed by atoms with Gasteiger partial charge < -0.3 is 9.84 Å². The molecule has 2 aromatic rings. The third-order valence-electron chi connectivity index (χ3n) is 4.23. The van der Waals surface area contributed by atoms with Crippen molar-refractivity contribution in [2.45, 2.75) is 32.4 Å². The van der Waals surface area contributed by atoms with E-state index in [0.717, 1.165) is 17.8 Å². The number of allylic oxidation sites excluding steroid dienone is 2. The zero-order valence-electron chi connectivity index (χ0n) is 14.2. The van der Waals surface area contributed by atoms with E-state index in [9.17, 15) is 23.1 Å². The summed E-state index contributed by atoms with van der Waals surface area (Å²) in [5.41, 5.74) is 0.323. The number of carbonyl (C=O) groups is 1. The first-order chi connectivity index (χ1) is 12.7. The van der Waals surface area contributed by atoms with E-state index in [1.807, 2.05) is 6.92 Å². The number of rotatable bonds is 4. The van der Waals surface area contributed by atoms with Crippen molar-refractivity contribution in [2.75, 3.05) is 0 Å². The number of carbonyl (C=O) groups excluding carboxylic acids is 1. The molecular weight excluding hydrogens is 383 g/mol. The molecule has 0 radical (unpaired) electrons. The summed E-state index contributed by atoms with van der Waals surface area (Å²) in [4.78, 5) is 15.7. The highest BCUT2D eigenvalue weighted by Gasteiger charge is 2.36. The van der Waals surface area contributed by atoms with Gasteiger partial charge >= 0.3 is 6.18 Å². The fourth-order valence-corrected chi connectivity index (χ4v) is 3.09. The van der Waals surface area contributed by atoms with Crippen molar-refractivity contribution in [3.8, 4) is 11.6 Å². The van der Waals surface area contributed by atoms with Gasteiger partial charge in [-0.2, -0.15) is 13.2 Å². The molecule has 27 heavy (non-hydrogen) atoms. The second-order valence-corrected chi connectivity index (χ2v) is 6.46. The first kappa shape index (κ1) is 19.2. The second-order valence-electron chi connectivity index (χ2n) is 6.02. The van der Waals surface area contributed by atoms with Crippen LogP contribution in [-0.2, 0) is 17.4 Å². The van der Waals surface area contributed by atoms with Gasteiger partial charge in [0.15, 0.2) is 5.78 Å². The first-order valence-corrected chi connectivity index (χ1v) is 8.57. The second kappa shape index (κ2) is 7.23. The van der Waals surface area contributed by atoms with Gasteiger partial charge in [0.25, 0.3) is 0 Å². The van der Waals surface area contributed by atoms with Gasteiger partial charge in [-0.15, -0.1) is 0 Å². The van der Waals surface area contributed by atoms with E-state index in [2.05, 4.69) is 4.98 Å². The Hall–Kier alpha value is -2.54. The Bertz CT molecular complexity index is 938. The Morgan fingerprint density at radius 2 is 2.00 bits per heavy atom. The summed E-state index contributed by atoms with van der Waals surface area (Å²) >= 11 is 5.62. The van der Waals surface area contributed by atoms with Crippen molar-refractivity contribution in [1.82, 2.24) is 4.98 Å². The average molecular weight is 398 g/mol. The Morgan fingerprint density at radius 1 is 1.26 bits per heavy atom. The third kappa shape index (κ3) is 3.93. The highest BCUT2D eigenvalue weighted by atomic mass is 35.5. The Balaban J connectivity index is 2.04. The van der Waals surface area contributed by atoms with Crippen LogP contribution in [0.15, 0.2) is 36.2 Å². The van der Waals surface area contributed by atoms with Crippen LogP contribution in [0.4, 0.5) is 13.2 Å². The van der Waals surface area contributed by atoms with Crippen molar-refractivity contribution in [1.29, 1.82) is 0 Å². The van der Waals surface area contributed by atoms with E-state index in [1.54, 1.807) is 6.07 Å². The number of ether oxygens (including phenoxy) is 1. The van der Waals surface area contributed by atoms with Crippen molar-refractivity contribution in [2.24, 2.45) is 0 Å². The van der Waals surface area contributed by atoms with Crippen molar-refractivity contribution >= 4 is 23.0 Å². The molecule has 1 aromatic heterocycles. The van der Waals surface area contributed by atoms with Crippen molar-refractivity contribution in [3.05, 3.63) is 57.9 Å². The maximum absolute atomic E-state index is 13.2. The molecule has 1 heterocycles. The van der Waals surface area contributed by atoms with Crippen LogP contribution < -0.4 is 4.74 Å². The molecule has 1 aliphatic rings. The van der Waals surface area contributed by atoms with Crippen LogP contribution >= 0.6 is 11.6 Å². The molecule has 142 valence electrons. The highest BCUT2D eigenvalue weighted by Crippen LogP contribution is 2.39. The van der Waals surface area contributed by atoms with E-state index in [1.165, 1.54) is 12.1 Å². The minimum atomic E-state index is -4.69. The molecule has 1 N–H and O–H groups in total. The molecule has 0 aliphatic heterocycles. The number of alkyl halides is 3. The number of nitrogens with zero attached hydrogens (tertiary/aromatic N) is 1. The summed E-state index contributed by atoms with van der Waals surface area (Å²) in [5, 5.41) is 9.87. The van der Waals surface area contributed by atoms with Crippen LogP contribution in [0.5, 0.6) is 11.6 Å². The standard InChI is InChI=1S/C19H15ClF3NO3/c1-2-10-3-4-12(8-13(10)17-15(25)5-6-16(17)26)27-18-14(19(21,22)23)7-11(20)9-24-18/h3-4,7-9,25H,2,5-6H2,1H3. The molecule has 1 aliphatic carbocycles. The van der Waals surface area contributed by atoms with Crippen LogP contribution in [0.3, 0.4) is 0 Å². The molecule has 1 aromatic carbocycles. The van der Waals surface area contributed by atoms with Gasteiger partial charge in [0.05, 0.1) is 10.6 Å². The van der Waals surface area contributed by atoms with Gasteiger partial charge in [0, 0.05) is 19.0 Å². The van der Waals surface area contributed by atoms with Crippen LogP contribution in [-0.4, -0.2) is 15.9 Å². The number of Topliss-reactive ketones (excluding diaryl/α,β-unsaturated/α-hetero) is 1. The summed E-state index contributed by atoms with van der Waals surface area (Å²) in [6.45, 7) is 1.87. The normalized spacial score (nSPS) is 14.8. The van der Waals surface area contributed by atoms with Gasteiger partial charge in [0.1, 0.15) is 17.1 Å². The molecule has 8 heteroatoms. The zero-order valence-corrected chi connectivity index (χ0v) is 15.0. The molecule has 3 rings (SSSR count). The van der Waals surface area contributed by atoms with E-state index in [0.29, 0.717) is 12.0 Å². The number of hydrogen-bond acceptors (Lipinski definition) is 4. The topological polar surface area (TPSA) is 59.4 Å². The van der Waals surface area contributed by atoms with Crippen molar-refractivity contribution in [3.63, 3.8) is 0 Å². The van der Waals surface area contributed by atoms with Gasteiger partial charge in [0.2, 0.25) is 5.88 Å². The van der Waals surface area contributed by atoms with Gasteiger partial charge in [-0.05, 0) is 35.7 Å². The predicted octanol–water partition coefficient (Wildman–Crippen LogP) is 5.74. The fourth-order valence-electron chi connectivity index (χ4n) is 2.93. The molecule has 0 spiro atoms. The number of pyridine rings is 1. The predicted molar refractivity (Wildman–Crippen MR) is 93.9 cm³/mol. The number of hydrogen-bond donors (Lipinski definition) is 1. The van der Waals surface area contributed by atoms with Crippen LogP contribution in [0.2, 0.25) is 5.02 Å². The monoisotopic (exact) mass is 397 g/mol. The number of benzene rings is 1. The molecule has 0 bridgehead atoms. The van der Waals surface area contributed by atoms with Crippen LogP contribution in [0.1, 0.15) is 36.5 Å². The number of aryl methyl sites for hydroxylation is 1. The summed E-state index contributed by atoms with van der Waals surface area (Å²) in [6, 6.07) is 5.33.